The van der Waals surface area contributed by atoms with Gasteiger partial charge in [-0.15, -0.1) is 0 Å². The van der Waals surface area contributed by atoms with E-state index in [2.05, 4.69) is 10.2 Å². The first kappa shape index (κ1) is 17.3. The average Bonchev–Trinajstić information content (AvgIpc) is 3.17. The number of rotatable bonds is 6. The zero-order valence-corrected chi connectivity index (χ0v) is 14.4. The highest BCUT2D eigenvalue weighted by atomic mass is 16.5. The number of hydrogen-bond donors (Lipinski definition) is 2. The summed E-state index contributed by atoms with van der Waals surface area (Å²) in [5.74, 6) is 0.570. The molecule has 1 atom stereocenters. The van der Waals surface area contributed by atoms with Gasteiger partial charge in [-0.05, 0) is 55.8 Å². The number of carbonyl (C=O) groups is 1. The lowest BCUT2D eigenvalue weighted by Gasteiger charge is -2.28. The number of likely N-dealkylation sites (tertiary alicyclic amines) is 1. The zero-order chi connectivity index (χ0) is 17.6. The summed E-state index contributed by atoms with van der Waals surface area (Å²) >= 11 is 0. The zero-order valence-electron chi connectivity index (χ0n) is 14.4. The third-order valence-electron chi connectivity index (χ3n) is 4.69. The van der Waals surface area contributed by atoms with Crippen LogP contribution in [0.25, 0.3) is 0 Å². The van der Waals surface area contributed by atoms with Gasteiger partial charge in [0, 0.05) is 6.54 Å². The highest BCUT2D eigenvalue weighted by molar-refractivity contribution is 5.96. The summed E-state index contributed by atoms with van der Waals surface area (Å²) in [6.45, 7) is 2.56. The van der Waals surface area contributed by atoms with Gasteiger partial charge >= 0.3 is 0 Å². The fourth-order valence-corrected chi connectivity index (χ4v) is 3.29. The van der Waals surface area contributed by atoms with Crippen LogP contribution in [0.3, 0.4) is 0 Å². The van der Waals surface area contributed by atoms with Gasteiger partial charge in [-0.2, -0.15) is 0 Å². The van der Waals surface area contributed by atoms with E-state index in [1.165, 1.54) is 18.9 Å². The first-order valence-electron chi connectivity index (χ1n) is 8.63. The molecule has 0 bridgehead atoms. The summed E-state index contributed by atoms with van der Waals surface area (Å²) < 4.78 is 5.23. The molecule has 1 fully saturated rings. The third-order valence-corrected chi connectivity index (χ3v) is 4.69. The summed E-state index contributed by atoms with van der Waals surface area (Å²) in [6, 6.07) is 14.7. The molecule has 5 nitrogen and oxygen atoms in total. The minimum atomic E-state index is -0.254. The molecule has 1 unspecified atom stereocenters. The Hall–Kier alpha value is -2.53. The Bertz CT molecular complexity index is 709. The summed E-state index contributed by atoms with van der Waals surface area (Å²) in [7, 11) is 1.65. The van der Waals surface area contributed by atoms with Crippen LogP contribution in [-0.4, -0.2) is 42.7 Å². The second-order valence-corrected chi connectivity index (χ2v) is 6.26. The number of para-hydroxylation sites is 1. The van der Waals surface area contributed by atoms with E-state index in [0.29, 0.717) is 12.1 Å². The number of carbonyl (C=O) groups excluding carboxylic acids is 1. The lowest BCUT2D eigenvalue weighted by Crippen LogP contribution is -2.36. The number of phenolic OH excluding ortho intramolecular Hbond substituents is 1. The molecule has 0 spiro atoms. The highest BCUT2D eigenvalue weighted by Gasteiger charge is 2.24. The van der Waals surface area contributed by atoms with Gasteiger partial charge in [0.15, 0.2) is 0 Å². The molecule has 1 heterocycles. The predicted octanol–water partition coefficient (Wildman–Crippen LogP) is 2.97. The van der Waals surface area contributed by atoms with Crippen LogP contribution in [0.4, 0.5) is 0 Å². The molecule has 1 aliphatic rings. The molecule has 0 radical (unpaired) electrons. The molecule has 0 aliphatic carbocycles. The SMILES string of the molecule is COc1ccc(C(CNC(=O)c2ccccc2O)N2CCCC2)cc1. The number of nitrogens with one attached hydrogen (secondary N) is 1. The van der Waals surface area contributed by atoms with Crippen molar-refractivity contribution in [3.05, 3.63) is 59.7 Å². The van der Waals surface area contributed by atoms with Crippen molar-refractivity contribution >= 4 is 5.91 Å². The topological polar surface area (TPSA) is 61.8 Å². The molecule has 0 saturated carbocycles. The molecule has 2 N–H and O–H groups in total. The molecule has 25 heavy (non-hydrogen) atoms. The van der Waals surface area contributed by atoms with Crippen LogP contribution >= 0.6 is 0 Å². The Balaban J connectivity index is 1.73. The lowest BCUT2D eigenvalue weighted by atomic mass is 10.0. The molecule has 2 aromatic rings. The molecule has 1 saturated heterocycles. The number of benzene rings is 2. The first-order chi connectivity index (χ1) is 12.2. The number of ether oxygens (including phenoxy) is 1. The van der Waals surface area contributed by atoms with Gasteiger partial charge < -0.3 is 15.2 Å². The van der Waals surface area contributed by atoms with E-state index in [-0.39, 0.29) is 17.7 Å². The lowest BCUT2D eigenvalue weighted by molar-refractivity contribution is 0.0935. The van der Waals surface area contributed by atoms with Crippen molar-refractivity contribution in [1.29, 1.82) is 0 Å². The van der Waals surface area contributed by atoms with Crippen LogP contribution in [0.15, 0.2) is 48.5 Å². The van der Waals surface area contributed by atoms with E-state index < -0.39 is 0 Å². The van der Waals surface area contributed by atoms with Crippen molar-refractivity contribution in [3.63, 3.8) is 0 Å². The molecule has 1 amide bonds. The number of methoxy groups -OCH3 is 1. The van der Waals surface area contributed by atoms with Crippen molar-refractivity contribution in [3.8, 4) is 11.5 Å². The Kier molecular flexibility index (Phi) is 5.56. The van der Waals surface area contributed by atoms with E-state index >= 15 is 0 Å². The summed E-state index contributed by atoms with van der Waals surface area (Å²) in [5, 5.41) is 12.8. The number of aromatic hydroxyl groups is 1. The van der Waals surface area contributed by atoms with Gasteiger partial charge in [-0.1, -0.05) is 24.3 Å². The van der Waals surface area contributed by atoms with Crippen molar-refractivity contribution in [2.45, 2.75) is 18.9 Å². The largest absolute Gasteiger partial charge is 0.507 e. The van der Waals surface area contributed by atoms with Crippen molar-refractivity contribution < 1.29 is 14.6 Å². The third kappa shape index (κ3) is 4.12. The first-order valence-corrected chi connectivity index (χ1v) is 8.63. The van der Waals surface area contributed by atoms with E-state index in [4.69, 9.17) is 4.74 Å². The quantitative estimate of drug-likeness (QED) is 0.849. The number of amides is 1. The molecule has 0 aromatic heterocycles. The predicted molar refractivity (Wildman–Crippen MR) is 97.0 cm³/mol. The van der Waals surface area contributed by atoms with Gasteiger partial charge in [0.1, 0.15) is 11.5 Å². The van der Waals surface area contributed by atoms with Crippen molar-refractivity contribution in [1.82, 2.24) is 10.2 Å². The Morgan fingerprint density at radius 1 is 1.16 bits per heavy atom. The maximum atomic E-state index is 12.4. The number of nitrogens with zero attached hydrogens (tertiary/aromatic N) is 1. The van der Waals surface area contributed by atoms with Crippen LogP contribution in [0.5, 0.6) is 11.5 Å². The Labute approximate surface area is 148 Å². The standard InChI is InChI=1S/C20H24N2O3/c1-25-16-10-8-15(9-11-16)18(22-12-4-5-13-22)14-21-20(24)17-6-2-3-7-19(17)23/h2-3,6-11,18,23H,4-5,12-14H2,1H3,(H,21,24). The van der Waals surface area contributed by atoms with Gasteiger partial charge in [-0.25, -0.2) is 0 Å². The van der Waals surface area contributed by atoms with Gasteiger partial charge in [0.05, 0.1) is 18.7 Å². The van der Waals surface area contributed by atoms with Crippen LogP contribution < -0.4 is 10.1 Å². The highest BCUT2D eigenvalue weighted by Crippen LogP contribution is 2.26. The van der Waals surface area contributed by atoms with Gasteiger partial charge in [0.2, 0.25) is 0 Å². The Morgan fingerprint density at radius 3 is 2.48 bits per heavy atom. The minimum absolute atomic E-state index is 0.00201. The maximum absolute atomic E-state index is 12.4. The second-order valence-electron chi connectivity index (χ2n) is 6.26. The summed E-state index contributed by atoms with van der Waals surface area (Å²) in [4.78, 5) is 14.8. The van der Waals surface area contributed by atoms with E-state index in [1.54, 1.807) is 25.3 Å². The fraction of sp³-hybridized carbons (Fsp3) is 0.350. The normalized spacial score (nSPS) is 15.7. The number of hydrogen-bond acceptors (Lipinski definition) is 4. The molecular formula is C20H24N2O3. The summed E-state index contributed by atoms with van der Waals surface area (Å²) in [5.41, 5.74) is 1.46. The number of phenols is 1. The van der Waals surface area contributed by atoms with Crippen LogP contribution in [-0.2, 0) is 0 Å². The van der Waals surface area contributed by atoms with E-state index in [9.17, 15) is 9.90 Å². The van der Waals surface area contributed by atoms with Crippen molar-refractivity contribution in [2.75, 3.05) is 26.7 Å². The molecule has 3 rings (SSSR count). The monoisotopic (exact) mass is 340 g/mol. The van der Waals surface area contributed by atoms with Crippen molar-refractivity contribution in [2.24, 2.45) is 0 Å². The van der Waals surface area contributed by atoms with Gasteiger partial charge in [-0.3, -0.25) is 9.69 Å². The average molecular weight is 340 g/mol. The second kappa shape index (κ2) is 8.03. The molecule has 1 aliphatic heterocycles. The fourth-order valence-electron chi connectivity index (χ4n) is 3.29. The molecule has 132 valence electrons. The summed E-state index contributed by atoms with van der Waals surface area (Å²) in [6.07, 6.45) is 2.36. The molecule has 2 aromatic carbocycles. The van der Waals surface area contributed by atoms with Gasteiger partial charge in [0.25, 0.3) is 5.91 Å². The smallest absolute Gasteiger partial charge is 0.255 e. The van der Waals surface area contributed by atoms with E-state index in [1.807, 2.05) is 24.3 Å². The minimum Gasteiger partial charge on any atom is -0.507 e. The van der Waals surface area contributed by atoms with Crippen LogP contribution in [0, 0.1) is 0 Å². The Morgan fingerprint density at radius 2 is 1.84 bits per heavy atom. The maximum Gasteiger partial charge on any atom is 0.255 e. The van der Waals surface area contributed by atoms with Crippen LogP contribution in [0.2, 0.25) is 0 Å². The molecule has 5 heteroatoms. The van der Waals surface area contributed by atoms with E-state index in [0.717, 1.165) is 24.4 Å². The molecular weight excluding hydrogens is 316 g/mol. The van der Waals surface area contributed by atoms with Crippen LogP contribution in [0.1, 0.15) is 34.8 Å².